The Kier molecular flexibility index (Phi) is 4.46. The first-order chi connectivity index (χ1) is 5.84. The fourth-order valence-corrected chi connectivity index (χ4v) is 2.11. The van der Waals surface area contributed by atoms with E-state index in [0.29, 0.717) is 12.3 Å². The third-order valence-corrected chi connectivity index (χ3v) is 2.90. The van der Waals surface area contributed by atoms with Gasteiger partial charge in [0.2, 0.25) is 5.91 Å². The van der Waals surface area contributed by atoms with Gasteiger partial charge in [-0.05, 0) is 7.05 Å². The summed E-state index contributed by atoms with van der Waals surface area (Å²) in [5.41, 5.74) is 0. The molecule has 4 heteroatoms. The zero-order valence-corrected chi connectivity index (χ0v) is 8.32. The molecule has 3 nitrogen and oxygen atoms in total. The van der Waals surface area contributed by atoms with Crippen molar-refractivity contribution in [3.63, 3.8) is 0 Å². The normalized spacial score (nSPS) is 17.9. The van der Waals surface area contributed by atoms with Crippen LogP contribution in [0, 0.1) is 0 Å². The summed E-state index contributed by atoms with van der Waals surface area (Å²) in [6, 6.07) is 0. The number of hydrogen-bond donors (Lipinski definition) is 1. The molecule has 12 heavy (non-hydrogen) atoms. The molecule has 0 aromatic heterocycles. The van der Waals surface area contributed by atoms with Crippen LogP contribution in [0.5, 0.6) is 0 Å². The standard InChI is InChI=1S/C8H16N2OS/c1-9-3-2-8(11)10-4-6-12-7-5-10/h9H,2-7H2,1H3. The van der Waals surface area contributed by atoms with Gasteiger partial charge in [-0.1, -0.05) is 0 Å². The Morgan fingerprint density at radius 2 is 2.17 bits per heavy atom. The van der Waals surface area contributed by atoms with Crippen LogP contribution in [0.1, 0.15) is 6.42 Å². The molecule has 1 heterocycles. The lowest BCUT2D eigenvalue weighted by molar-refractivity contribution is -0.130. The number of hydrogen-bond acceptors (Lipinski definition) is 3. The van der Waals surface area contributed by atoms with Gasteiger partial charge in [0.15, 0.2) is 0 Å². The van der Waals surface area contributed by atoms with E-state index in [0.717, 1.165) is 31.1 Å². The van der Waals surface area contributed by atoms with Crippen LogP contribution in [0.25, 0.3) is 0 Å². The van der Waals surface area contributed by atoms with Gasteiger partial charge in [0.25, 0.3) is 0 Å². The maximum absolute atomic E-state index is 11.4. The summed E-state index contributed by atoms with van der Waals surface area (Å²) in [5, 5.41) is 2.98. The first kappa shape index (κ1) is 9.86. The smallest absolute Gasteiger partial charge is 0.223 e. The molecule has 70 valence electrons. The lowest BCUT2D eigenvalue weighted by Crippen LogP contribution is -2.38. The molecular weight excluding hydrogens is 172 g/mol. The summed E-state index contributed by atoms with van der Waals surface area (Å²) in [5.74, 6) is 2.50. The fraction of sp³-hybridized carbons (Fsp3) is 0.875. The van der Waals surface area contributed by atoms with E-state index in [-0.39, 0.29) is 0 Å². The molecule has 1 rings (SSSR count). The first-order valence-electron chi connectivity index (χ1n) is 4.34. The molecule has 0 saturated carbocycles. The average molecular weight is 188 g/mol. The van der Waals surface area contributed by atoms with Crippen molar-refractivity contribution in [3.05, 3.63) is 0 Å². The van der Waals surface area contributed by atoms with E-state index in [1.54, 1.807) is 0 Å². The minimum Gasteiger partial charge on any atom is -0.341 e. The van der Waals surface area contributed by atoms with Crippen molar-refractivity contribution in [2.45, 2.75) is 6.42 Å². The van der Waals surface area contributed by atoms with Crippen LogP contribution in [0.15, 0.2) is 0 Å². The number of nitrogens with zero attached hydrogens (tertiary/aromatic N) is 1. The number of thioether (sulfide) groups is 1. The van der Waals surface area contributed by atoms with E-state index >= 15 is 0 Å². The zero-order valence-electron chi connectivity index (χ0n) is 7.51. The summed E-state index contributed by atoms with van der Waals surface area (Å²) in [4.78, 5) is 13.4. The SMILES string of the molecule is CNCCC(=O)N1CCSCC1. The number of carbonyl (C=O) groups excluding carboxylic acids is 1. The van der Waals surface area contributed by atoms with Crippen LogP contribution >= 0.6 is 11.8 Å². The van der Waals surface area contributed by atoms with E-state index in [4.69, 9.17) is 0 Å². The molecule has 1 N–H and O–H groups in total. The van der Waals surface area contributed by atoms with E-state index in [9.17, 15) is 4.79 Å². The molecule has 0 spiro atoms. The van der Waals surface area contributed by atoms with E-state index < -0.39 is 0 Å². The maximum atomic E-state index is 11.4. The van der Waals surface area contributed by atoms with Crippen molar-refractivity contribution < 1.29 is 4.79 Å². The number of nitrogens with one attached hydrogen (secondary N) is 1. The van der Waals surface area contributed by atoms with Gasteiger partial charge in [-0.3, -0.25) is 4.79 Å². The van der Waals surface area contributed by atoms with Gasteiger partial charge in [-0.15, -0.1) is 0 Å². The predicted molar refractivity (Wildman–Crippen MR) is 52.4 cm³/mol. The molecule has 0 unspecified atom stereocenters. The van der Waals surface area contributed by atoms with Crippen molar-refractivity contribution >= 4 is 17.7 Å². The summed E-state index contributed by atoms with van der Waals surface area (Å²) in [6.07, 6.45) is 0.640. The Labute approximate surface area is 77.9 Å². The summed E-state index contributed by atoms with van der Waals surface area (Å²) >= 11 is 1.93. The van der Waals surface area contributed by atoms with Crippen LogP contribution in [0.3, 0.4) is 0 Å². The highest BCUT2D eigenvalue weighted by atomic mass is 32.2. The maximum Gasteiger partial charge on any atom is 0.223 e. The quantitative estimate of drug-likeness (QED) is 0.685. The van der Waals surface area contributed by atoms with Gasteiger partial charge in [0.05, 0.1) is 0 Å². The summed E-state index contributed by atoms with van der Waals surface area (Å²) in [7, 11) is 1.87. The highest BCUT2D eigenvalue weighted by Gasteiger charge is 2.15. The summed E-state index contributed by atoms with van der Waals surface area (Å²) < 4.78 is 0. The second kappa shape index (κ2) is 5.43. The molecule has 0 aliphatic carbocycles. The van der Waals surface area contributed by atoms with Crippen molar-refractivity contribution in [2.75, 3.05) is 38.2 Å². The Morgan fingerprint density at radius 1 is 1.50 bits per heavy atom. The van der Waals surface area contributed by atoms with Gasteiger partial charge in [0, 0.05) is 37.6 Å². The summed E-state index contributed by atoms with van der Waals surface area (Å²) in [6.45, 7) is 2.67. The Balaban J connectivity index is 2.20. The molecule has 0 atom stereocenters. The second-order valence-electron chi connectivity index (χ2n) is 2.85. The van der Waals surface area contributed by atoms with Gasteiger partial charge < -0.3 is 10.2 Å². The lowest BCUT2D eigenvalue weighted by Gasteiger charge is -2.26. The predicted octanol–water partition coefficient (Wildman–Crippen LogP) is 0.171. The highest BCUT2D eigenvalue weighted by Crippen LogP contribution is 2.09. The molecule has 0 bridgehead atoms. The van der Waals surface area contributed by atoms with E-state index in [1.165, 1.54) is 0 Å². The highest BCUT2D eigenvalue weighted by molar-refractivity contribution is 7.99. The number of amides is 1. The van der Waals surface area contributed by atoms with Gasteiger partial charge in [0.1, 0.15) is 0 Å². The lowest BCUT2D eigenvalue weighted by atomic mass is 10.3. The zero-order chi connectivity index (χ0) is 8.81. The fourth-order valence-electron chi connectivity index (χ4n) is 1.20. The first-order valence-corrected chi connectivity index (χ1v) is 5.50. The van der Waals surface area contributed by atoms with Gasteiger partial charge >= 0.3 is 0 Å². The van der Waals surface area contributed by atoms with Crippen molar-refractivity contribution in [3.8, 4) is 0 Å². The molecule has 0 aromatic rings. The molecule has 1 amide bonds. The molecule has 1 fully saturated rings. The molecule has 0 radical (unpaired) electrons. The second-order valence-corrected chi connectivity index (χ2v) is 4.07. The topological polar surface area (TPSA) is 32.3 Å². The van der Waals surface area contributed by atoms with Crippen LogP contribution in [-0.2, 0) is 4.79 Å². The molecule has 1 aliphatic rings. The van der Waals surface area contributed by atoms with E-state index in [1.807, 2.05) is 23.7 Å². The third kappa shape index (κ3) is 3.03. The minimum absolute atomic E-state index is 0.296. The van der Waals surface area contributed by atoms with E-state index in [2.05, 4.69) is 5.32 Å². The Morgan fingerprint density at radius 3 is 2.75 bits per heavy atom. The third-order valence-electron chi connectivity index (χ3n) is 1.95. The van der Waals surface area contributed by atoms with Crippen LogP contribution in [0.2, 0.25) is 0 Å². The average Bonchev–Trinajstić information content (AvgIpc) is 2.15. The molecule has 1 aliphatic heterocycles. The number of carbonyl (C=O) groups is 1. The molecule has 0 aromatic carbocycles. The monoisotopic (exact) mass is 188 g/mol. The Hall–Kier alpha value is -0.220. The van der Waals surface area contributed by atoms with Crippen molar-refractivity contribution in [1.82, 2.24) is 10.2 Å². The largest absolute Gasteiger partial charge is 0.341 e. The van der Waals surface area contributed by atoms with Gasteiger partial charge in [-0.2, -0.15) is 11.8 Å². The van der Waals surface area contributed by atoms with Gasteiger partial charge in [-0.25, -0.2) is 0 Å². The van der Waals surface area contributed by atoms with Crippen molar-refractivity contribution in [1.29, 1.82) is 0 Å². The van der Waals surface area contributed by atoms with Crippen molar-refractivity contribution in [2.24, 2.45) is 0 Å². The molecular formula is C8H16N2OS. The minimum atomic E-state index is 0.296. The Bertz CT molecular complexity index is 146. The van der Waals surface area contributed by atoms with Crippen LogP contribution < -0.4 is 5.32 Å². The van der Waals surface area contributed by atoms with Crippen LogP contribution in [-0.4, -0.2) is 49.0 Å². The molecule has 1 saturated heterocycles. The number of rotatable bonds is 3. The van der Waals surface area contributed by atoms with Crippen LogP contribution in [0.4, 0.5) is 0 Å².